The number of benzene rings is 2. The second-order valence-corrected chi connectivity index (χ2v) is 7.01. The Morgan fingerprint density at radius 2 is 1.79 bits per heavy atom. The van der Waals surface area contributed by atoms with E-state index in [4.69, 9.17) is 16.3 Å². The first kappa shape index (κ1) is 15.4. The maximum Gasteiger partial charge on any atom is 0.120 e. The van der Waals surface area contributed by atoms with Crippen LogP contribution in [-0.2, 0) is 0 Å². The van der Waals surface area contributed by atoms with Crippen molar-refractivity contribution in [3.05, 3.63) is 61.5 Å². The van der Waals surface area contributed by atoms with Crippen LogP contribution in [0.15, 0.2) is 45.3 Å². The minimum absolute atomic E-state index is 0.0118. The Morgan fingerprint density at radius 3 is 2.42 bits per heavy atom. The Labute approximate surface area is 142 Å². The third-order valence-corrected chi connectivity index (χ3v) is 5.24. The van der Waals surface area contributed by atoms with Gasteiger partial charge in [0.25, 0.3) is 0 Å². The molecule has 0 saturated heterocycles. The van der Waals surface area contributed by atoms with Crippen LogP contribution >= 0.6 is 59.4 Å². The number of ether oxygens (including phenoxy) is 1. The highest BCUT2D eigenvalue weighted by molar-refractivity contribution is 9.11. The van der Waals surface area contributed by atoms with Crippen molar-refractivity contribution in [3.63, 3.8) is 0 Å². The molecule has 1 atom stereocenters. The minimum Gasteiger partial charge on any atom is -0.497 e. The third-order valence-electron chi connectivity index (χ3n) is 2.71. The van der Waals surface area contributed by atoms with Crippen molar-refractivity contribution in [1.82, 2.24) is 0 Å². The highest BCUT2D eigenvalue weighted by Crippen LogP contribution is 2.40. The molecule has 0 aliphatic rings. The van der Waals surface area contributed by atoms with Crippen LogP contribution in [0.1, 0.15) is 16.0 Å². The van der Waals surface area contributed by atoms with E-state index in [9.17, 15) is 0 Å². The first-order valence-corrected chi connectivity index (χ1v) is 8.33. The zero-order valence-electron chi connectivity index (χ0n) is 9.96. The van der Waals surface area contributed by atoms with Crippen molar-refractivity contribution in [2.75, 3.05) is 7.11 Å². The fraction of sp³-hybridized carbons (Fsp3) is 0.143. The highest BCUT2D eigenvalue weighted by Gasteiger charge is 2.17. The van der Waals surface area contributed by atoms with Crippen LogP contribution in [0.4, 0.5) is 0 Å². The zero-order valence-corrected chi connectivity index (χ0v) is 15.5. The maximum atomic E-state index is 6.31. The van der Waals surface area contributed by atoms with Crippen LogP contribution in [0, 0.1) is 0 Å². The predicted octanol–water partition coefficient (Wildman–Crippen LogP) is 6.36. The molecule has 2 aromatic carbocycles. The summed E-state index contributed by atoms with van der Waals surface area (Å²) in [6.45, 7) is 0. The summed E-state index contributed by atoms with van der Waals surface area (Å²) in [5.41, 5.74) is 2.11. The van der Waals surface area contributed by atoms with Crippen molar-refractivity contribution < 1.29 is 4.74 Å². The summed E-state index contributed by atoms with van der Waals surface area (Å²) >= 11 is 17.1. The van der Waals surface area contributed by atoms with Gasteiger partial charge in [0.2, 0.25) is 0 Å². The minimum atomic E-state index is 0.0118. The molecule has 0 amide bonds. The Bertz CT molecular complexity index is 601. The predicted molar refractivity (Wildman–Crippen MR) is 90.6 cm³/mol. The number of rotatable bonds is 3. The zero-order chi connectivity index (χ0) is 14.0. The van der Waals surface area contributed by atoms with Crippen LogP contribution in [0.25, 0.3) is 0 Å². The van der Waals surface area contributed by atoms with Crippen LogP contribution in [0.5, 0.6) is 5.75 Å². The van der Waals surface area contributed by atoms with Crippen molar-refractivity contribution >= 4 is 59.4 Å². The van der Waals surface area contributed by atoms with Gasteiger partial charge in [0.1, 0.15) is 5.75 Å². The van der Waals surface area contributed by atoms with Gasteiger partial charge < -0.3 is 4.74 Å². The molecule has 2 rings (SSSR count). The molecule has 19 heavy (non-hydrogen) atoms. The number of methoxy groups -OCH3 is 1. The Kier molecular flexibility index (Phi) is 5.35. The van der Waals surface area contributed by atoms with Gasteiger partial charge in [-0.25, -0.2) is 0 Å². The molecule has 0 fully saturated rings. The fourth-order valence-corrected chi connectivity index (χ4v) is 4.07. The van der Waals surface area contributed by atoms with E-state index in [1.807, 2.05) is 30.3 Å². The van der Waals surface area contributed by atoms with Crippen molar-refractivity contribution in [2.45, 2.75) is 4.83 Å². The van der Waals surface area contributed by atoms with E-state index in [1.165, 1.54) is 0 Å². The largest absolute Gasteiger partial charge is 0.497 e. The molecule has 0 radical (unpaired) electrons. The molecule has 0 aliphatic carbocycles. The summed E-state index contributed by atoms with van der Waals surface area (Å²) in [6.07, 6.45) is 0. The fourth-order valence-electron chi connectivity index (χ4n) is 1.72. The second-order valence-electron chi connectivity index (χ2n) is 3.92. The van der Waals surface area contributed by atoms with Gasteiger partial charge in [-0.3, -0.25) is 0 Å². The van der Waals surface area contributed by atoms with Gasteiger partial charge in [-0.2, -0.15) is 0 Å². The van der Waals surface area contributed by atoms with E-state index in [2.05, 4.69) is 53.9 Å². The first-order chi connectivity index (χ1) is 9.02. The van der Waals surface area contributed by atoms with E-state index in [1.54, 1.807) is 7.11 Å². The summed E-state index contributed by atoms with van der Waals surface area (Å²) < 4.78 is 7.22. The molecular weight excluding hydrogens is 459 g/mol. The third kappa shape index (κ3) is 3.54. The molecule has 0 spiro atoms. The normalized spacial score (nSPS) is 12.3. The molecule has 1 nitrogen and oxygen atoms in total. The number of hydrogen-bond acceptors (Lipinski definition) is 1. The summed E-state index contributed by atoms with van der Waals surface area (Å²) in [6, 6.07) is 11.7. The molecule has 0 N–H and O–H groups in total. The molecule has 0 bridgehead atoms. The standard InChI is InChI=1S/C14H10Br3ClO/c1-19-9-3-4-10(13(18)7-9)14(17)11-6-8(15)2-5-12(11)16/h2-7,14H,1H3. The lowest BCUT2D eigenvalue weighted by Gasteiger charge is -2.15. The van der Waals surface area contributed by atoms with Crippen LogP contribution in [-0.4, -0.2) is 7.11 Å². The van der Waals surface area contributed by atoms with Gasteiger partial charge in [-0.1, -0.05) is 65.5 Å². The van der Waals surface area contributed by atoms with E-state index >= 15 is 0 Å². The Balaban J connectivity index is 2.43. The van der Waals surface area contributed by atoms with Crippen LogP contribution in [0.3, 0.4) is 0 Å². The van der Waals surface area contributed by atoms with Crippen molar-refractivity contribution in [1.29, 1.82) is 0 Å². The lowest BCUT2D eigenvalue weighted by atomic mass is 10.0. The molecular formula is C14H10Br3ClO. The average molecular weight is 469 g/mol. The summed E-state index contributed by atoms with van der Waals surface area (Å²) in [5, 5.41) is 0.674. The first-order valence-electron chi connectivity index (χ1n) is 5.45. The summed E-state index contributed by atoms with van der Waals surface area (Å²) in [5.74, 6) is 0.752. The second kappa shape index (κ2) is 6.61. The van der Waals surface area contributed by atoms with Crippen molar-refractivity contribution in [2.24, 2.45) is 0 Å². The van der Waals surface area contributed by atoms with Crippen molar-refractivity contribution in [3.8, 4) is 5.75 Å². The molecule has 0 saturated carbocycles. The number of alkyl halides is 1. The molecule has 0 aliphatic heterocycles. The monoisotopic (exact) mass is 466 g/mol. The molecule has 0 heterocycles. The van der Waals surface area contributed by atoms with E-state index in [-0.39, 0.29) is 4.83 Å². The van der Waals surface area contributed by atoms with Gasteiger partial charge in [0.05, 0.1) is 11.9 Å². The highest BCUT2D eigenvalue weighted by atomic mass is 79.9. The topological polar surface area (TPSA) is 9.23 Å². The number of halogens is 4. The lowest BCUT2D eigenvalue weighted by Crippen LogP contribution is -1.96. The molecule has 2 aromatic rings. The average Bonchev–Trinajstić information content (AvgIpc) is 2.40. The van der Waals surface area contributed by atoms with Gasteiger partial charge in [-0.05, 0) is 41.5 Å². The van der Waals surface area contributed by atoms with E-state index < -0.39 is 0 Å². The smallest absolute Gasteiger partial charge is 0.120 e. The molecule has 5 heteroatoms. The van der Waals surface area contributed by atoms with Crippen LogP contribution < -0.4 is 4.74 Å². The quantitative estimate of drug-likeness (QED) is 0.476. The van der Waals surface area contributed by atoms with Gasteiger partial charge in [-0.15, -0.1) is 0 Å². The van der Waals surface area contributed by atoms with E-state index in [0.29, 0.717) is 5.02 Å². The number of hydrogen-bond donors (Lipinski definition) is 0. The van der Waals surface area contributed by atoms with Gasteiger partial charge >= 0.3 is 0 Å². The molecule has 100 valence electrons. The van der Waals surface area contributed by atoms with Crippen LogP contribution in [0.2, 0.25) is 5.02 Å². The maximum absolute atomic E-state index is 6.31. The Hall–Kier alpha value is -0.0300. The lowest BCUT2D eigenvalue weighted by molar-refractivity contribution is 0.414. The Morgan fingerprint density at radius 1 is 1.05 bits per heavy atom. The van der Waals surface area contributed by atoms with Gasteiger partial charge in [0.15, 0.2) is 0 Å². The van der Waals surface area contributed by atoms with E-state index in [0.717, 1.165) is 25.8 Å². The summed E-state index contributed by atoms with van der Waals surface area (Å²) in [4.78, 5) is 0.0118. The van der Waals surface area contributed by atoms with Gasteiger partial charge in [0, 0.05) is 14.0 Å². The molecule has 1 unspecified atom stereocenters. The SMILES string of the molecule is COc1ccc(C(Br)c2cc(Br)ccc2Br)c(Cl)c1. The molecule has 0 aromatic heterocycles. The summed E-state index contributed by atoms with van der Waals surface area (Å²) in [7, 11) is 1.63.